The SMILES string of the molecule is CCSCCC(C)Nc1ncnc(Cl)c1CC. The van der Waals surface area contributed by atoms with Gasteiger partial charge in [0.1, 0.15) is 17.3 Å². The number of nitrogens with one attached hydrogen (secondary N) is 1. The lowest BCUT2D eigenvalue weighted by atomic mass is 10.2. The van der Waals surface area contributed by atoms with E-state index in [1.165, 1.54) is 17.8 Å². The van der Waals surface area contributed by atoms with E-state index < -0.39 is 0 Å². The van der Waals surface area contributed by atoms with Crippen LogP contribution in [-0.2, 0) is 6.42 Å². The predicted octanol–water partition coefficient (Wildman–Crippen LogP) is 3.64. The van der Waals surface area contributed by atoms with Gasteiger partial charge in [0.25, 0.3) is 0 Å². The molecule has 1 heterocycles. The number of halogens is 1. The number of thioether (sulfide) groups is 1. The first-order valence-corrected chi connectivity index (χ1v) is 7.55. The quantitative estimate of drug-likeness (QED) is 0.608. The number of nitrogens with zero attached hydrogens (tertiary/aromatic N) is 2. The summed E-state index contributed by atoms with van der Waals surface area (Å²) >= 11 is 8.01. The Labute approximate surface area is 113 Å². The normalized spacial score (nSPS) is 12.5. The molecule has 1 atom stereocenters. The van der Waals surface area contributed by atoms with Crippen LogP contribution < -0.4 is 5.32 Å². The van der Waals surface area contributed by atoms with Crippen molar-refractivity contribution in [1.82, 2.24) is 9.97 Å². The highest BCUT2D eigenvalue weighted by molar-refractivity contribution is 7.99. The Morgan fingerprint density at radius 3 is 2.82 bits per heavy atom. The minimum absolute atomic E-state index is 0.408. The van der Waals surface area contributed by atoms with E-state index in [1.54, 1.807) is 0 Å². The molecule has 1 rings (SSSR count). The Morgan fingerprint density at radius 2 is 2.18 bits per heavy atom. The van der Waals surface area contributed by atoms with Gasteiger partial charge in [-0.05, 0) is 31.3 Å². The molecule has 5 heteroatoms. The van der Waals surface area contributed by atoms with Crippen LogP contribution in [0.2, 0.25) is 5.15 Å². The molecule has 0 radical (unpaired) electrons. The van der Waals surface area contributed by atoms with Crippen LogP contribution in [0.15, 0.2) is 6.33 Å². The van der Waals surface area contributed by atoms with Crippen molar-refractivity contribution in [2.75, 3.05) is 16.8 Å². The lowest BCUT2D eigenvalue weighted by Crippen LogP contribution is -2.18. The second-order valence-electron chi connectivity index (χ2n) is 3.88. The maximum Gasteiger partial charge on any atom is 0.137 e. The molecule has 0 amide bonds. The van der Waals surface area contributed by atoms with E-state index >= 15 is 0 Å². The fourth-order valence-electron chi connectivity index (χ4n) is 1.54. The third kappa shape index (κ3) is 4.72. The molecule has 0 aliphatic rings. The second kappa shape index (κ2) is 7.77. The van der Waals surface area contributed by atoms with Crippen molar-refractivity contribution in [1.29, 1.82) is 0 Å². The Hall–Kier alpha value is -0.480. The summed E-state index contributed by atoms with van der Waals surface area (Å²) in [6, 6.07) is 0.408. The van der Waals surface area contributed by atoms with Crippen molar-refractivity contribution in [2.24, 2.45) is 0 Å². The molecule has 1 N–H and O–H groups in total. The molecule has 0 fully saturated rings. The first-order valence-electron chi connectivity index (χ1n) is 6.02. The van der Waals surface area contributed by atoms with Gasteiger partial charge in [-0.15, -0.1) is 0 Å². The van der Waals surface area contributed by atoms with E-state index in [9.17, 15) is 0 Å². The average molecular weight is 274 g/mol. The Balaban J connectivity index is 2.58. The van der Waals surface area contributed by atoms with Crippen molar-refractivity contribution in [2.45, 2.75) is 39.7 Å². The van der Waals surface area contributed by atoms with Crippen molar-refractivity contribution < 1.29 is 0 Å². The molecule has 0 saturated carbocycles. The number of hydrogen-bond acceptors (Lipinski definition) is 4. The zero-order valence-electron chi connectivity index (χ0n) is 10.7. The van der Waals surface area contributed by atoms with Gasteiger partial charge in [0, 0.05) is 11.6 Å². The fourth-order valence-corrected chi connectivity index (χ4v) is 2.61. The van der Waals surface area contributed by atoms with Crippen LogP contribution >= 0.6 is 23.4 Å². The van der Waals surface area contributed by atoms with E-state index in [4.69, 9.17) is 11.6 Å². The van der Waals surface area contributed by atoms with Gasteiger partial charge in [0.05, 0.1) is 0 Å². The summed E-state index contributed by atoms with van der Waals surface area (Å²) < 4.78 is 0. The van der Waals surface area contributed by atoms with Gasteiger partial charge < -0.3 is 5.32 Å². The lowest BCUT2D eigenvalue weighted by molar-refractivity contribution is 0.762. The monoisotopic (exact) mass is 273 g/mol. The Kier molecular flexibility index (Phi) is 6.66. The Bertz CT molecular complexity index is 347. The molecule has 0 aliphatic heterocycles. The van der Waals surface area contributed by atoms with Gasteiger partial charge in [-0.1, -0.05) is 25.4 Å². The molecule has 17 heavy (non-hydrogen) atoms. The molecule has 0 aliphatic carbocycles. The lowest BCUT2D eigenvalue weighted by Gasteiger charge is -2.16. The standard InChI is InChI=1S/C12H20ClN3S/c1-4-10-11(13)14-8-15-12(10)16-9(3)6-7-17-5-2/h8-9H,4-7H2,1-3H3,(H,14,15,16). The van der Waals surface area contributed by atoms with Crippen LogP contribution in [0.5, 0.6) is 0 Å². The summed E-state index contributed by atoms with van der Waals surface area (Å²) in [5.74, 6) is 3.22. The molecule has 0 saturated heterocycles. The van der Waals surface area contributed by atoms with Gasteiger partial charge in [-0.2, -0.15) is 11.8 Å². The van der Waals surface area contributed by atoms with Crippen molar-refractivity contribution >= 4 is 29.2 Å². The van der Waals surface area contributed by atoms with Crippen LogP contribution in [0, 0.1) is 0 Å². The van der Waals surface area contributed by atoms with Crippen LogP contribution in [0.3, 0.4) is 0 Å². The minimum atomic E-state index is 0.408. The van der Waals surface area contributed by atoms with Gasteiger partial charge in [0.15, 0.2) is 0 Å². The van der Waals surface area contributed by atoms with Crippen molar-refractivity contribution in [3.63, 3.8) is 0 Å². The zero-order valence-corrected chi connectivity index (χ0v) is 12.2. The number of rotatable bonds is 7. The van der Waals surface area contributed by atoms with Crippen LogP contribution in [0.4, 0.5) is 5.82 Å². The first-order chi connectivity index (χ1) is 8.19. The summed E-state index contributed by atoms with van der Waals surface area (Å²) in [5, 5.41) is 3.97. The van der Waals surface area contributed by atoms with Crippen LogP contribution in [0.25, 0.3) is 0 Å². The maximum atomic E-state index is 6.04. The molecule has 0 aromatic carbocycles. The third-order valence-corrected chi connectivity index (χ3v) is 3.79. The van der Waals surface area contributed by atoms with E-state index in [0.717, 1.165) is 24.2 Å². The van der Waals surface area contributed by atoms with Gasteiger partial charge in [-0.3, -0.25) is 0 Å². The molecule has 1 unspecified atom stereocenters. The minimum Gasteiger partial charge on any atom is -0.367 e. The molecular weight excluding hydrogens is 254 g/mol. The van der Waals surface area contributed by atoms with Crippen molar-refractivity contribution in [3.05, 3.63) is 17.0 Å². The summed E-state index contributed by atoms with van der Waals surface area (Å²) in [5.41, 5.74) is 1.00. The Morgan fingerprint density at radius 1 is 1.41 bits per heavy atom. The third-order valence-electron chi connectivity index (χ3n) is 2.53. The van der Waals surface area contributed by atoms with Gasteiger partial charge in [-0.25, -0.2) is 9.97 Å². The predicted molar refractivity (Wildman–Crippen MR) is 77.1 cm³/mol. The smallest absolute Gasteiger partial charge is 0.137 e. The molecule has 1 aromatic rings. The van der Waals surface area contributed by atoms with Gasteiger partial charge in [0.2, 0.25) is 0 Å². The highest BCUT2D eigenvalue weighted by Crippen LogP contribution is 2.21. The van der Waals surface area contributed by atoms with Crippen LogP contribution in [-0.4, -0.2) is 27.5 Å². The summed E-state index contributed by atoms with van der Waals surface area (Å²) in [6.07, 6.45) is 3.49. The molecule has 0 bridgehead atoms. The number of anilines is 1. The van der Waals surface area contributed by atoms with Gasteiger partial charge >= 0.3 is 0 Å². The molecule has 3 nitrogen and oxygen atoms in total. The summed E-state index contributed by atoms with van der Waals surface area (Å²) in [7, 11) is 0. The largest absolute Gasteiger partial charge is 0.367 e. The summed E-state index contributed by atoms with van der Waals surface area (Å²) in [6.45, 7) is 6.42. The maximum absolute atomic E-state index is 6.04. The average Bonchev–Trinajstić information content (AvgIpc) is 2.29. The van der Waals surface area contributed by atoms with E-state index in [2.05, 4.69) is 36.1 Å². The highest BCUT2D eigenvalue weighted by Gasteiger charge is 2.10. The fraction of sp³-hybridized carbons (Fsp3) is 0.667. The van der Waals surface area contributed by atoms with E-state index in [0.29, 0.717) is 11.2 Å². The molecule has 0 spiro atoms. The zero-order chi connectivity index (χ0) is 12.7. The summed E-state index contributed by atoms with van der Waals surface area (Å²) in [4.78, 5) is 8.27. The topological polar surface area (TPSA) is 37.8 Å². The van der Waals surface area contributed by atoms with E-state index in [-0.39, 0.29) is 0 Å². The number of hydrogen-bond donors (Lipinski definition) is 1. The van der Waals surface area contributed by atoms with E-state index in [1.807, 2.05) is 11.8 Å². The first kappa shape index (κ1) is 14.6. The van der Waals surface area contributed by atoms with Crippen LogP contribution in [0.1, 0.15) is 32.8 Å². The number of aromatic nitrogens is 2. The molecule has 96 valence electrons. The molecular formula is C12H20ClN3S. The second-order valence-corrected chi connectivity index (χ2v) is 5.63. The highest BCUT2D eigenvalue weighted by atomic mass is 35.5. The molecule has 1 aromatic heterocycles. The van der Waals surface area contributed by atoms with Crippen molar-refractivity contribution in [3.8, 4) is 0 Å².